The second kappa shape index (κ2) is 55.0. The van der Waals surface area contributed by atoms with E-state index in [2.05, 4.69) is 69.4 Å². The van der Waals surface area contributed by atoms with Gasteiger partial charge in [0.25, 0.3) is 0 Å². The number of hydrogen-bond donors (Lipinski definition) is 0. The molecule has 0 saturated heterocycles. The summed E-state index contributed by atoms with van der Waals surface area (Å²) in [5.74, 6) is -0.885. The maximum Gasteiger partial charge on any atom is 0.306 e. The molecule has 1 unspecified atom stereocenters. The Balaban J connectivity index is 4.38. The SMILES string of the molecule is CCCCC/C=C\C/C=C\C/C=C\CCCCCCCCC(=O)OCC(COC(=O)CCCCCCC/C=C\CCCCCCC)OC(=O)CCCCCCCCCCCCCCCCC. The van der Waals surface area contributed by atoms with E-state index < -0.39 is 6.10 Å². The number of allylic oxidation sites excluding steroid dienone is 8. The normalized spacial score (nSPS) is 12.3. The molecule has 0 bridgehead atoms. The Kier molecular flexibility index (Phi) is 52.8. The monoisotopic (exact) mass is 925 g/mol. The lowest BCUT2D eigenvalue weighted by atomic mass is 10.0. The molecule has 0 aromatic carbocycles. The summed E-state index contributed by atoms with van der Waals surface area (Å²) in [5.41, 5.74) is 0. The third-order valence-electron chi connectivity index (χ3n) is 12.6. The van der Waals surface area contributed by atoms with E-state index in [1.807, 2.05) is 0 Å². The van der Waals surface area contributed by atoms with Crippen molar-refractivity contribution in [3.8, 4) is 0 Å². The molecule has 0 aliphatic rings. The van der Waals surface area contributed by atoms with Gasteiger partial charge in [0.15, 0.2) is 6.10 Å². The van der Waals surface area contributed by atoms with E-state index >= 15 is 0 Å². The first kappa shape index (κ1) is 63.4. The van der Waals surface area contributed by atoms with Gasteiger partial charge in [-0.05, 0) is 83.5 Å². The fraction of sp³-hybridized carbons (Fsp3) is 0.817. The van der Waals surface area contributed by atoms with Crippen molar-refractivity contribution in [3.05, 3.63) is 48.6 Å². The molecule has 66 heavy (non-hydrogen) atoms. The first-order valence-corrected chi connectivity index (χ1v) is 28.6. The van der Waals surface area contributed by atoms with E-state index in [1.54, 1.807) is 0 Å². The maximum atomic E-state index is 12.8. The van der Waals surface area contributed by atoms with Gasteiger partial charge in [-0.15, -0.1) is 0 Å². The molecule has 0 spiro atoms. The third-order valence-corrected chi connectivity index (χ3v) is 12.6. The van der Waals surface area contributed by atoms with Crippen LogP contribution in [0.3, 0.4) is 0 Å². The van der Waals surface area contributed by atoms with E-state index in [0.29, 0.717) is 19.3 Å². The Labute approximate surface area is 409 Å². The number of hydrogen-bond acceptors (Lipinski definition) is 6. The molecule has 0 heterocycles. The van der Waals surface area contributed by atoms with Crippen LogP contribution in [-0.2, 0) is 28.6 Å². The zero-order valence-electron chi connectivity index (χ0n) is 44.0. The third kappa shape index (κ3) is 52.3. The van der Waals surface area contributed by atoms with Crippen molar-refractivity contribution in [2.45, 2.75) is 303 Å². The second-order valence-corrected chi connectivity index (χ2v) is 19.2. The van der Waals surface area contributed by atoms with Crippen molar-refractivity contribution >= 4 is 17.9 Å². The van der Waals surface area contributed by atoms with Crippen LogP contribution in [0.25, 0.3) is 0 Å². The predicted octanol–water partition coefficient (Wildman–Crippen LogP) is 19.0. The summed E-state index contributed by atoms with van der Waals surface area (Å²) in [4.78, 5) is 38.1. The van der Waals surface area contributed by atoms with Crippen LogP contribution in [0, 0.1) is 0 Å². The molecule has 0 saturated carbocycles. The van der Waals surface area contributed by atoms with Crippen molar-refractivity contribution in [2.75, 3.05) is 13.2 Å². The van der Waals surface area contributed by atoms with Crippen molar-refractivity contribution in [3.63, 3.8) is 0 Å². The van der Waals surface area contributed by atoms with Gasteiger partial charge < -0.3 is 14.2 Å². The van der Waals surface area contributed by atoms with Crippen LogP contribution < -0.4 is 0 Å². The molecular weight excluding hydrogens is 817 g/mol. The number of esters is 3. The average Bonchev–Trinajstić information content (AvgIpc) is 3.31. The summed E-state index contributed by atoms with van der Waals surface area (Å²) < 4.78 is 16.9. The van der Waals surface area contributed by atoms with Gasteiger partial charge in [0.1, 0.15) is 13.2 Å². The largest absolute Gasteiger partial charge is 0.462 e. The van der Waals surface area contributed by atoms with Crippen LogP contribution >= 0.6 is 0 Å². The van der Waals surface area contributed by atoms with E-state index in [0.717, 1.165) is 83.5 Å². The first-order chi connectivity index (χ1) is 32.5. The number of unbranched alkanes of at least 4 members (excludes halogenated alkanes) is 33. The minimum absolute atomic E-state index is 0.0790. The molecular formula is C60H108O6. The van der Waals surface area contributed by atoms with Gasteiger partial charge >= 0.3 is 17.9 Å². The summed E-state index contributed by atoms with van der Waals surface area (Å²) in [6.07, 6.45) is 66.6. The van der Waals surface area contributed by atoms with Gasteiger partial charge in [-0.2, -0.15) is 0 Å². The number of carbonyl (C=O) groups excluding carboxylic acids is 3. The topological polar surface area (TPSA) is 78.9 Å². The molecule has 0 aromatic rings. The molecule has 6 nitrogen and oxygen atoms in total. The smallest absolute Gasteiger partial charge is 0.306 e. The lowest BCUT2D eigenvalue weighted by Gasteiger charge is -2.18. The van der Waals surface area contributed by atoms with Crippen LogP contribution in [0.1, 0.15) is 297 Å². The first-order valence-electron chi connectivity index (χ1n) is 28.6. The van der Waals surface area contributed by atoms with Crippen LogP contribution in [0.4, 0.5) is 0 Å². The summed E-state index contributed by atoms with van der Waals surface area (Å²) >= 11 is 0. The highest BCUT2D eigenvalue weighted by Crippen LogP contribution is 2.16. The van der Waals surface area contributed by atoms with Crippen molar-refractivity contribution in [1.29, 1.82) is 0 Å². The van der Waals surface area contributed by atoms with Gasteiger partial charge in [0.05, 0.1) is 0 Å². The van der Waals surface area contributed by atoms with E-state index in [-0.39, 0.29) is 31.1 Å². The zero-order chi connectivity index (χ0) is 47.9. The van der Waals surface area contributed by atoms with Crippen LogP contribution in [0.5, 0.6) is 0 Å². The second-order valence-electron chi connectivity index (χ2n) is 19.2. The molecule has 1 atom stereocenters. The van der Waals surface area contributed by atoms with Gasteiger partial charge in [-0.3, -0.25) is 14.4 Å². The Morgan fingerprint density at radius 2 is 0.545 bits per heavy atom. The Bertz CT molecular complexity index is 1150. The number of carbonyl (C=O) groups is 3. The Hall–Kier alpha value is -2.63. The molecule has 0 fully saturated rings. The summed E-state index contributed by atoms with van der Waals surface area (Å²) in [5, 5.41) is 0. The fourth-order valence-corrected chi connectivity index (χ4v) is 8.21. The Morgan fingerprint density at radius 3 is 0.894 bits per heavy atom. The van der Waals surface area contributed by atoms with Crippen LogP contribution in [0.15, 0.2) is 48.6 Å². The molecule has 0 aromatic heterocycles. The molecule has 0 rings (SSSR count). The molecule has 0 N–H and O–H groups in total. The molecule has 384 valence electrons. The highest BCUT2D eigenvalue weighted by molar-refractivity contribution is 5.71. The molecule has 6 heteroatoms. The highest BCUT2D eigenvalue weighted by atomic mass is 16.6. The molecule has 0 radical (unpaired) electrons. The molecule has 0 amide bonds. The van der Waals surface area contributed by atoms with Crippen molar-refractivity contribution in [2.24, 2.45) is 0 Å². The summed E-state index contributed by atoms with van der Waals surface area (Å²) in [7, 11) is 0. The van der Waals surface area contributed by atoms with Gasteiger partial charge in [-0.1, -0.05) is 243 Å². The van der Waals surface area contributed by atoms with Crippen molar-refractivity contribution < 1.29 is 28.6 Å². The van der Waals surface area contributed by atoms with Crippen LogP contribution in [-0.4, -0.2) is 37.2 Å². The predicted molar refractivity (Wildman–Crippen MR) is 284 cm³/mol. The zero-order valence-corrected chi connectivity index (χ0v) is 44.0. The van der Waals surface area contributed by atoms with Gasteiger partial charge in [0, 0.05) is 19.3 Å². The van der Waals surface area contributed by atoms with E-state index in [9.17, 15) is 14.4 Å². The average molecular weight is 926 g/mol. The van der Waals surface area contributed by atoms with E-state index in [1.165, 1.54) is 173 Å². The maximum absolute atomic E-state index is 12.8. The van der Waals surface area contributed by atoms with Gasteiger partial charge in [-0.25, -0.2) is 0 Å². The molecule has 0 aliphatic carbocycles. The van der Waals surface area contributed by atoms with E-state index in [4.69, 9.17) is 14.2 Å². The highest BCUT2D eigenvalue weighted by Gasteiger charge is 2.19. The standard InChI is InChI=1S/C60H108O6/c1-4-7-10-13-16-19-22-25-28-29-30-31-33-35-38-41-44-47-50-53-59(62)65-56-57(55-64-58(61)52-49-46-43-40-37-34-27-24-21-18-15-12-9-6-3)66-60(63)54-51-48-45-42-39-36-32-26-23-20-17-14-11-8-5-2/h16,19,24-25,27-28,30-31,57H,4-15,17-18,20-23,26,29,32-56H2,1-3H3/b19-16-,27-24-,28-25-,31-30-. The van der Waals surface area contributed by atoms with Crippen LogP contribution in [0.2, 0.25) is 0 Å². The number of rotatable bonds is 52. The molecule has 0 aliphatic heterocycles. The Morgan fingerprint density at radius 1 is 0.303 bits per heavy atom. The minimum atomic E-state index is -0.779. The quantitative estimate of drug-likeness (QED) is 0.0262. The summed E-state index contributed by atoms with van der Waals surface area (Å²) in [6, 6.07) is 0. The fourth-order valence-electron chi connectivity index (χ4n) is 8.21. The lowest BCUT2D eigenvalue weighted by Crippen LogP contribution is -2.30. The minimum Gasteiger partial charge on any atom is -0.462 e. The number of ether oxygens (including phenoxy) is 3. The van der Waals surface area contributed by atoms with Gasteiger partial charge in [0.2, 0.25) is 0 Å². The lowest BCUT2D eigenvalue weighted by molar-refractivity contribution is -0.167. The van der Waals surface area contributed by atoms with Crippen molar-refractivity contribution in [1.82, 2.24) is 0 Å². The summed E-state index contributed by atoms with van der Waals surface area (Å²) in [6.45, 7) is 6.62.